The second kappa shape index (κ2) is 9.39. The van der Waals surface area contributed by atoms with Crippen LogP contribution >= 0.6 is 0 Å². The molecule has 0 spiro atoms. The Kier molecular flexibility index (Phi) is 6.42. The summed E-state index contributed by atoms with van der Waals surface area (Å²) in [4.78, 5) is 30.8. The molecule has 3 aromatic rings. The highest BCUT2D eigenvalue weighted by atomic mass is 19.1. The maximum atomic E-state index is 13.4. The zero-order valence-corrected chi connectivity index (χ0v) is 17.5. The molecular formula is C24H28FN4O2+. The summed E-state index contributed by atoms with van der Waals surface area (Å²) in [6.07, 6.45) is 5.79. The molecule has 1 aromatic heterocycles. The lowest BCUT2D eigenvalue weighted by atomic mass is 9.93. The molecule has 1 heterocycles. The Hall–Kier alpha value is -3.06. The molecule has 3 N–H and O–H groups in total. The van der Waals surface area contributed by atoms with Gasteiger partial charge in [0.2, 0.25) is 5.91 Å². The number of para-hydroxylation sites is 1. The molecule has 1 saturated carbocycles. The smallest absolute Gasteiger partial charge is 0.262 e. The predicted molar refractivity (Wildman–Crippen MR) is 117 cm³/mol. The van der Waals surface area contributed by atoms with E-state index < -0.39 is 5.91 Å². The summed E-state index contributed by atoms with van der Waals surface area (Å²) in [5, 5.41) is 0.477. The molecule has 7 heteroatoms. The van der Waals surface area contributed by atoms with Gasteiger partial charge >= 0.3 is 0 Å². The minimum Gasteiger partial charge on any atom is -0.368 e. The number of nitrogens with zero attached hydrogens (tertiary/aromatic N) is 2. The first-order valence-corrected chi connectivity index (χ1v) is 10.9. The Bertz CT molecular complexity index is 1120. The molecule has 0 aliphatic heterocycles. The van der Waals surface area contributed by atoms with Gasteiger partial charge < -0.3 is 10.6 Å². The van der Waals surface area contributed by atoms with E-state index in [0.29, 0.717) is 35.9 Å². The van der Waals surface area contributed by atoms with Crippen LogP contribution in [0.5, 0.6) is 0 Å². The first-order chi connectivity index (χ1) is 15.0. The number of carbonyl (C=O) groups is 1. The van der Waals surface area contributed by atoms with E-state index >= 15 is 0 Å². The van der Waals surface area contributed by atoms with E-state index in [4.69, 9.17) is 10.7 Å². The first-order valence-electron chi connectivity index (χ1n) is 10.9. The fourth-order valence-electron chi connectivity index (χ4n) is 4.60. The minimum atomic E-state index is -0.571. The number of benzene rings is 2. The summed E-state index contributed by atoms with van der Waals surface area (Å²) >= 11 is 0. The van der Waals surface area contributed by atoms with Crippen LogP contribution in [0.1, 0.15) is 43.5 Å². The number of hydrogen-bond acceptors (Lipinski definition) is 3. The maximum absolute atomic E-state index is 13.4. The molecule has 1 aliphatic rings. The summed E-state index contributed by atoms with van der Waals surface area (Å²) in [5.74, 6) is -0.266. The maximum Gasteiger partial charge on any atom is 0.262 e. The second-order valence-corrected chi connectivity index (χ2v) is 8.38. The Balaban J connectivity index is 1.73. The van der Waals surface area contributed by atoms with Crippen LogP contribution < -0.4 is 16.2 Å². The minimum absolute atomic E-state index is 0.194. The number of aromatic nitrogens is 2. The lowest BCUT2D eigenvalue weighted by Crippen LogP contribution is -3.13. The third-order valence-electron chi connectivity index (χ3n) is 6.17. The largest absolute Gasteiger partial charge is 0.368 e. The van der Waals surface area contributed by atoms with Gasteiger partial charge in [-0.15, -0.1) is 0 Å². The number of nitrogens with two attached hydrogens (primary N) is 1. The summed E-state index contributed by atoms with van der Waals surface area (Å²) in [6.45, 7) is 1.00. The van der Waals surface area contributed by atoms with Gasteiger partial charge in [-0.05, 0) is 49.9 Å². The predicted octanol–water partition coefficient (Wildman–Crippen LogP) is 1.94. The molecule has 31 heavy (non-hydrogen) atoms. The first kappa shape index (κ1) is 21.2. The zero-order chi connectivity index (χ0) is 21.8. The summed E-state index contributed by atoms with van der Waals surface area (Å²) < 4.78 is 14.8. The average molecular weight is 424 g/mol. The van der Waals surface area contributed by atoms with Crippen molar-refractivity contribution in [3.8, 4) is 0 Å². The van der Waals surface area contributed by atoms with Gasteiger partial charge in [0.15, 0.2) is 5.82 Å². The van der Waals surface area contributed by atoms with Crippen molar-refractivity contribution in [2.75, 3.05) is 0 Å². The molecule has 162 valence electrons. The Morgan fingerprint density at radius 1 is 1.06 bits per heavy atom. The van der Waals surface area contributed by atoms with Crippen molar-refractivity contribution in [2.24, 2.45) is 5.73 Å². The number of rotatable bonds is 7. The third-order valence-corrected chi connectivity index (χ3v) is 6.17. The van der Waals surface area contributed by atoms with Gasteiger partial charge in [-0.3, -0.25) is 14.2 Å². The monoisotopic (exact) mass is 423 g/mol. The van der Waals surface area contributed by atoms with Gasteiger partial charge in [-0.1, -0.05) is 30.7 Å². The van der Waals surface area contributed by atoms with Crippen LogP contribution in [0.4, 0.5) is 4.39 Å². The number of amides is 1. The Morgan fingerprint density at radius 3 is 2.48 bits per heavy atom. The van der Waals surface area contributed by atoms with E-state index in [1.807, 2.05) is 24.3 Å². The van der Waals surface area contributed by atoms with Gasteiger partial charge in [0.05, 0.1) is 16.9 Å². The normalized spacial score (nSPS) is 15.8. The number of nitrogens with one attached hydrogen (secondary N) is 1. The van der Waals surface area contributed by atoms with Crippen LogP contribution in [0.15, 0.2) is 53.3 Å². The second-order valence-electron chi connectivity index (χ2n) is 8.38. The van der Waals surface area contributed by atoms with Crippen molar-refractivity contribution in [1.29, 1.82) is 0 Å². The molecular weight excluding hydrogens is 395 g/mol. The summed E-state index contributed by atoms with van der Waals surface area (Å²) in [7, 11) is 0. The van der Waals surface area contributed by atoms with Crippen molar-refractivity contribution in [2.45, 2.75) is 57.8 Å². The zero-order valence-electron chi connectivity index (χ0n) is 17.5. The summed E-state index contributed by atoms with van der Waals surface area (Å²) in [6, 6.07) is 14.2. The van der Waals surface area contributed by atoms with E-state index in [0.717, 1.165) is 18.4 Å². The fraction of sp³-hybridized carbons (Fsp3) is 0.375. The Morgan fingerprint density at radius 2 is 1.77 bits per heavy atom. The summed E-state index contributed by atoms with van der Waals surface area (Å²) in [5.41, 5.74) is 6.86. The van der Waals surface area contributed by atoms with Gasteiger partial charge in [-0.25, -0.2) is 9.37 Å². The topological polar surface area (TPSA) is 82.4 Å². The molecule has 0 bridgehead atoms. The van der Waals surface area contributed by atoms with Crippen molar-refractivity contribution in [3.05, 3.63) is 76.1 Å². The van der Waals surface area contributed by atoms with Gasteiger partial charge in [0, 0.05) is 5.56 Å². The highest BCUT2D eigenvalue weighted by Gasteiger charge is 2.27. The number of hydrogen-bond donors (Lipinski definition) is 2. The van der Waals surface area contributed by atoms with Crippen LogP contribution in [0.25, 0.3) is 10.9 Å². The standard InChI is InChI=1S/C24H27FN4O2/c25-18-12-10-17(11-13-18)14-28(19-6-2-1-3-7-19)16-23-27-21-9-5-4-8-20(21)24(31)29(23)15-22(26)30/h4-5,8-13,19H,1-3,6-7,14-16H2,(H2,26,30)/p+1. The molecule has 1 aliphatic carbocycles. The van der Waals surface area contributed by atoms with Gasteiger partial charge in [0.25, 0.3) is 5.56 Å². The molecule has 0 saturated heterocycles. The highest BCUT2D eigenvalue weighted by molar-refractivity contribution is 5.78. The van der Waals surface area contributed by atoms with Crippen LogP contribution in [0.3, 0.4) is 0 Å². The molecule has 1 amide bonds. The van der Waals surface area contributed by atoms with E-state index in [9.17, 15) is 14.0 Å². The fourth-order valence-corrected chi connectivity index (χ4v) is 4.60. The van der Waals surface area contributed by atoms with E-state index in [1.165, 1.54) is 40.9 Å². The molecule has 6 nitrogen and oxygen atoms in total. The molecule has 4 rings (SSSR count). The van der Waals surface area contributed by atoms with E-state index in [2.05, 4.69) is 0 Å². The van der Waals surface area contributed by atoms with Crippen LogP contribution in [0, 0.1) is 5.82 Å². The quantitative estimate of drug-likeness (QED) is 0.609. The van der Waals surface area contributed by atoms with Gasteiger partial charge in [0.1, 0.15) is 25.5 Å². The van der Waals surface area contributed by atoms with E-state index in [-0.39, 0.29) is 17.9 Å². The molecule has 2 aromatic carbocycles. The third kappa shape index (κ3) is 4.99. The number of quaternary nitrogens is 1. The highest BCUT2D eigenvalue weighted by Crippen LogP contribution is 2.16. The number of carbonyl (C=O) groups excluding carboxylic acids is 1. The Labute approximate surface area is 180 Å². The van der Waals surface area contributed by atoms with Crippen molar-refractivity contribution in [3.63, 3.8) is 0 Å². The average Bonchev–Trinajstić information content (AvgIpc) is 2.78. The van der Waals surface area contributed by atoms with Crippen molar-refractivity contribution >= 4 is 16.8 Å². The molecule has 1 fully saturated rings. The number of primary amides is 1. The molecule has 1 atom stereocenters. The molecule has 1 unspecified atom stereocenters. The van der Waals surface area contributed by atoms with Crippen molar-refractivity contribution < 1.29 is 14.1 Å². The van der Waals surface area contributed by atoms with E-state index in [1.54, 1.807) is 12.1 Å². The molecule has 0 radical (unpaired) electrons. The van der Waals surface area contributed by atoms with Crippen LogP contribution in [-0.4, -0.2) is 21.5 Å². The van der Waals surface area contributed by atoms with Gasteiger partial charge in [-0.2, -0.15) is 0 Å². The van der Waals surface area contributed by atoms with Crippen LogP contribution in [-0.2, 0) is 24.4 Å². The number of fused-ring (bicyclic) bond motifs is 1. The SMILES string of the molecule is NC(=O)Cn1c(C[NH+](Cc2ccc(F)cc2)C2CCCCC2)nc2ccccc2c1=O. The lowest BCUT2D eigenvalue weighted by molar-refractivity contribution is -0.954. The van der Waals surface area contributed by atoms with Crippen LogP contribution in [0.2, 0.25) is 0 Å². The van der Waals surface area contributed by atoms with Crippen molar-refractivity contribution in [1.82, 2.24) is 9.55 Å². The lowest BCUT2D eigenvalue weighted by Gasteiger charge is -2.31. The number of halogens is 1.